The van der Waals surface area contributed by atoms with Crippen LogP contribution < -0.4 is 9.30 Å². The van der Waals surface area contributed by atoms with Crippen LogP contribution in [0.15, 0.2) is 212 Å². The lowest BCUT2D eigenvalue weighted by atomic mass is 9.88. The van der Waals surface area contributed by atoms with Crippen molar-refractivity contribution >= 4 is 32.8 Å². The first kappa shape index (κ1) is 29.3. The molecule has 0 unspecified atom stereocenters. The number of imidazole rings is 1. The molecule has 0 aliphatic rings. The highest BCUT2D eigenvalue weighted by molar-refractivity contribution is 6.09. The fourth-order valence-corrected chi connectivity index (χ4v) is 8.62. The monoisotopic (exact) mass is 836 g/mol. The fraction of sp³-hybridized carbons (Fsp3) is 0.0847. The molecule has 5 heteroatoms. The number of nitrogens with zero attached hydrogens (tertiary/aromatic N) is 4. The molecule has 0 aliphatic heterocycles. The van der Waals surface area contributed by atoms with E-state index in [4.69, 9.17) is 23.4 Å². The molecule has 3 aromatic heterocycles. The maximum Gasteiger partial charge on any atom is 0.269 e. The van der Waals surface area contributed by atoms with Crippen LogP contribution in [0.3, 0.4) is 0 Å². The first-order valence-corrected chi connectivity index (χ1v) is 21.1. The van der Waals surface area contributed by atoms with E-state index in [2.05, 4.69) is 62.0 Å². The molecule has 5 nitrogen and oxygen atoms in total. The molecule has 3 heterocycles. The van der Waals surface area contributed by atoms with Gasteiger partial charge in [-0.25, -0.2) is 4.98 Å². The van der Waals surface area contributed by atoms with Crippen LogP contribution in [0, 0.1) is 11.7 Å². The number of hydrogen-bond donors (Lipinski definition) is 0. The van der Waals surface area contributed by atoms with Gasteiger partial charge in [-0.05, 0) is 105 Å². The average Bonchev–Trinajstić information content (AvgIpc) is 3.95. The van der Waals surface area contributed by atoms with Gasteiger partial charge in [-0.15, -0.1) is 0 Å². The molecule has 0 saturated heterocycles. The van der Waals surface area contributed by atoms with Crippen LogP contribution >= 0.6 is 0 Å². The normalized spacial score (nSPS) is 13.9. The van der Waals surface area contributed by atoms with E-state index in [1.54, 1.807) is 22.8 Å². The summed E-state index contributed by atoms with van der Waals surface area (Å²) in [6, 6.07) is 41.2. The quantitative estimate of drug-likeness (QED) is 0.107. The lowest BCUT2D eigenvalue weighted by Gasteiger charge is -2.18. The number of pyridine rings is 1. The summed E-state index contributed by atoms with van der Waals surface area (Å²) < 4.78 is 100. The Hall–Kier alpha value is -8.02. The minimum Gasteiger partial charge on any atom is -0.458 e. The van der Waals surface area contributed by atoms with Gasteiger partial charge in [-0.3, -0.25) is 13.7 Å². The van der Waals surface area contributed by atoms with E-state index < -0.39 is 60.4 Å². The molecule has 11 aromatic rings. The fourth-order valence-electron chi connectivity index (χ4n) is 8.62. The lowest BCUT2D eigenvalue weighted by Crippen LogP contribution is -2.31. The predicted molar refractivity (Wildman–Crippen MR) is 262 cm³/mol. The Labute approximate surface area is 387 Å². The zero-order valence-corrected chi connectivity index (χ0v) is 35.3. The molecular formula is C59H46N4O. The van der Waals surface area contributed by atoms with Crippen LogP contribution in [-0.4, -0.2) is 14.1 Å². The predicted octanol–water partition coefficient (Wildman–Crippen LogP) is 14.6. The van der Waals surface area contributed by atoms with Crippen molar-refractivity contribution in [2.75, 3.05) is 0 Å². The molecule has 0 saturated carbocycles. The van der Waals surface area contributed by atoms with Crippen molar-refractivity contribution in [1.29, 1.82) is 0 Å². The number of para-hydroxylation sites is 2. The number of ether oxygens (including phenoxy) is 1. The maximum atomic E-state index is 9.14. The molecule has 0 bridgehead atoms. The molecule has 0 aliphatic carbocycles. The molecule has 0 fully saturated rings. The van der Waals surface area contributed by atoms with Gasteiger partial charge in [0.2, 0.25) is 0 Å². The van der Waals surface area contributed by atoms with Gasteiger partial charge in [0.25, 0.3) is 6.33 Å². The van der Waals surface area contributed by atoms with E-state index in [1.165, 1.54) is 5.56 Å². The van der Waals surface area contributed by atoms with Crippen molar-refractivity contribution in [1.82, 2.24) is 14.1 Å². The van der Waals surface area contributed by atoms with E-state index in [1.807, 2.05) is 108 Å². The van der Waals surface area contributed by atoms with Crippen molar-refractivity contribution < 1.29 is 23.0 Å². The smallest absolute Gasteiger partial charge is 0.269 e. The van der Waals surface area contributed by atoms with Crippen molar-refractivity contribution in [3.05, 3.63) is 224 Å². The first-order chi connectivity index (χ1) is 35.5. The van der Waals surface area contributed by atoms with Crippen molar-refractivity contribution in [2.45, 2.75) is 27.2 Å². The van der Waals surface area contributed by atoms with Crippen LogP contribution in [0.25, 0.3) is 83.4 Å². The SMILES string of the molecule is [2H]c1c([2H])c([2H])c(-c2cccc(-c3c([2H])c([2H])c([2H])c([2H])c3[2H])c2-[n+]2[c-]n(-c3cccc(Oc4ccc5c6ccccc6n(-c6cc(CC(C)(C)C)ccn6)c5c4)c3)c3ccc(-c4ccccc4)cc32)c([2H])c1[2H]. The van der Waals surface area contributed by atoms with Gasteiger partial charge in [-0.2, -0.15) is 0 Å². The Morgan fingerprint density at radius 3 is 2.02 bits per heavy atom. The average molecular weight is 837 g/mol. The zero-order valence-electron chi connectivity index (χ0n) is 45.3. The van der Waals surface area contributed by atoms with E-state index in [-0.39, 0.29) is 33.4 Å². The number of aromatic nitrogens is 4. The summed E-state index contributed by atoms with van der Waals surface area (Å²) in [5.74, 6) is 1.90. The second kappa shape index (κ2) is 16.0. The topological polar surface area (TPSA) is 35.9 Å². The van der Waals surface area contributed by atoms with E-state index in [9.17, 15) is 0 Å². The second-order valence-corrected chi connectivity index (χ2v) is 16.9. The Morgan fingerprint density at radius 2 is 1.27 bits per heavy atom. The number of rotatable bonds is 9. The van der Waals surface area contributed by atoms with Gasteiger partial charge in [0, 0.05) is 23.0 Å². The highest BCUT2D eigenvalue weighted by Crippen LogP contribution is 2.38. The third-order valence-corrected chi connectivity index (χ3v) is 11.3. The van der Waals surface area contributed by atoms with Gasteiger partial charge >= 0.3 is 0 Å². The van der Waals surface area contributed by atoms with E-state index in [0.717, 1.165) is 45.2 Å². The Kier molecular flexibility index (Phi) is 7.34. The number of fused-ring (bicyclic) bond motifs is 4. The van der Waals surface area contributed by atoms with Gasteiger partial charge in [-0.1, -0.05) is 166 Å². The highest BCUT2D eigenvalue weighted by Gasteiger charge is 2.21. The van der Waals surface area contributed by atoms with Gasteiger partial charge in [0.1, 0.15) is 17.3 Å². The minimum atomic E-state index is -0.571. The highest BCUT2D eigenvalue weighted by atomic mass is 16.5. The molecular weight excluding hydrogens is 781 g/mol. The first-order valence-electron chi connectivity index (χ1n) is 26.1. The molecule has 0 spiro atoms. The largest absolute Gasteiger partial charge is 0.458 e. The van der Waals surface area contributed by atoms with Crippen molar-refractivity contribution in [3.63, 3.8) is 0 Å². The second-order valence-electron chi connectivity index (χ2n) is 16.9. The van der Waals surface area contributed by atoms with E-state index >= 15 is 0 Å². The Balaban J connectivity index is 1.12. The number of benzene rings is 8. The van der Waals surface area contributed by atoms with Crippen LogP contribution in [0.4, 0.5) is 0 Å². The summed E-state index contributed by atoms with van der Waals surface area (Å²) >= 11 is 0. The molecule has 0 amide bonds. The third-order valence-electron chi connectivity index (χ3n) is 11.3. The van der Waals surface area contributed by atoms with E-state index in [0.29, 0.717) is 28.2 Å². The van der Waals surface area contributed by atoms with Gasteiger partial charge in [0.15, 0.2) is 0 Å². The summed E-state index contributed by atoms with van der Waals surface area (Å²) in [6.07, 6.45) is 6.26. The molecule has 0 radical (unpaired) electrons. The summed E-state index contributed by atoms with van der Waals surface area (Å²) in [5.41, 5.74) is 6.94. The molecule has 0 atom stereocenters. The molecule has 64 heavy (non-hydrogen) atoms. The van der Waals surface area contributed by atoms with Crippen LogP contribution in [0.5, 0.6) is 11.5 Å². The zero-order chi connectivity index (χ0) is 51.9. The van der Waals surface area contributed by atoms with Crippen LogP contribution in [-0.2, 0) is 6.42 Å². The van der Waals surface area contributed by atoms with Crippen LogP contribution in [0.1, 0.15) is 40.0 Å². The third kappa shape index (κ3) is 7.31. The summed E-state index contributed by atoms with van der Waals surface area (Å²) in [5, 5.41) is 2.13. The molecule has 0 N–H and O–H groups in total. The standard InChI is InChI=1S/C59H46N4O/c1-59(2,3)39-41-33-34-60-57(35-41)63-53-28-14-13-25-51(53)52-31-30-48(38-55(52)63)64-47-24-15-23-46(37-47)61-40-62(56-36-45(29-32-54(56)61)42-17-7-4-8-18-42)58-49(43-19-9-5-10-20-43)26-16-27-50(58)44-21-11-6-12-22-44/h4-38H,39H2,1-3H3/i5D,6D,9D,10D,11D,12D,19D,20D,21D,22D. The molecule has 308 valence electrons. The lowest BCUT2D eigenvalue weighted by molar-refractivity contribution is -0.571. The maximum absolute atomic E-state index is 9.14. The summed E-state index contributed by atoms with van der Waals surface area (Å²) in [7, 11) is 0. The van der Waals surface area contributed by atoms with Gasteiger partial charge in [0.05, 0.1) is 47.1 Å². The molecule has 11 rings (SSSR count). The molecule has 8 aromatic carbocycles. The van der Waals surface area contributed by atoms with Crippen molar-refractivity contribution in [3.8, 4) is 62.1 Å². The van der Waals surface area contributed by atoms with Gasteiger partial charge < -0.3 is 4.74 Å². The Bertz CT molecular complexity index is 3940. The van der Waals surface area contributed by atoms with Crippen LogP contribution in [0.2, 0.25) is 0 Å². The number of hydrogen-bond acceptors (Lipinski definition) is 2. The Morgan fingerprint density at radius 1 is 0.578 bits per heavy atom. The van der Waals surface area contributed by atoms with Crippen molar-refractivity contribution in [2.24, 2.45) is 5.41 Å². The summed E-state index contributed by atoms with van der Waals surface area (Å²) in [6.45, 7) is 6.67. The minimum absolute atomic E-state index is 0.0841. The summed E-state index contributed by atoms with van der Waals surface area (Å²) in [4.78, 5) is 4.85.